The van der Waals surface area contributed by atoms with Crippen molar-refractivity contribution in [2.24, 2.45) is 17.2 Å². The van der Waals surface area contributed by atoms with Crippen LogP contribution in [0.1, 0.15) is 5.56 Å². The van der Waals surface area contributed by atoms with Crippen LogP contribution in [0.3, 0.4) is 0 Å². The van der Waals surface area contributed by atoms with Gasteiger partial charge in [-0.25, -0.2) is 4.39 Å². The molecule has 0 aliphatic rings. The van der Waals surface area contributed by atoms with Gasteiger partial charge < -0.3 is 22.1 Å². The Balaban J connectivity index is 3.00. The van der Waals surface area contributed by atoms with Crippen LogP contribution in [0.4, 0.5) is 10.1 Å². The lowest BCUT2D eigenvalue weighted by Crippen LogP contribution is -2.39. The monoisotopic (exact) mass is 254 g/mol. The maximum absolute atomic E-state index is 13.5. The zero-order valence-corrected chi connectivity index (χ0v) is 9.73. The molecule has 0 aliphatic carbocycles. The molecule has 0 unspecified atom stereocenters. The topological polar surface area (TPSA) is 115 Å². The average Bonchev–Trinajstić information content (AvgIpc) is 2.26. The van der Waals surface area contributed by atoms with Crippen molar-refractivity contribution in [2.45, 2.75) is 6.54 Å². The number of rotatable bonds is 6. The lowest BCUT2D eigenvalue weighted by atomic mass is 10.1. The van der Waals surface area contributed by atoms with Crippen molar-refractivity contribution < 1.29 is 14.0 Å². The molecule has 2 amide bonds. The molecule has 6 N–H and O–H groups in total. The van der Waals surface area contributed by atoms with Gasteiger partial charge >= 0.3 is 0 Å². The number of carbonyl (C=O) groups excluding carboxylic acids is 2. The Morgan fingerprint density at radius 3 is 2.11 bits per heavy atom. The number of nitrogens with two attached hydrogens (primary N) is 3. The SMILES string of the molecule is NCc1ccc(N(CC(N)=O)CC(N)=O)cc1F. The lowest BCUT2D eigenvalue weighted by Gasteiger charge is -2.22. The van der Waals surface area contributed by atoms with E-state index in [0.29, 0.717) is 11.3 Å². The Labute approximate surface area is 104 Å². The molecular weight excluding hydrogens is 239 g/mol. The number of primary amides is 2. The number of carbonyl (C=O) groups is 2. The zero-order chi connectivity index (χ0) is 13.7. The summed E-state index contributed by atoms with van der Waals surface area (Å²) in [5.74, 6) is -1.78. The van der Waals surface area contributed by atoms with Gasteiger partial charge in [-0.3, -0.25) is 9.59 Å². The Bertz CT molecular complexity index is 448. The van der Waals surface area contributed by atoms with Gasteiger partial charge in [-0.05, 0) is 12.1 Å². The summed E-state index contributed by atoms with van der Waals surface area (Å²) in [6, 6.07) is 4.23. The molecule has 1 aromatic carbocycles. The Kier molecular flexibility index (Phi) is 4.61. The molecule has 1 rings (SSSR count). The summed E-state index contributed by atoms with van der Waals surface area (Å²) in [4.78, 5) is 23.1. The van der Waals surface area contributed by atoms with E-state index in [-0.39, 0.29) is 19.6 Å². The first-order chi connectivity index (χ1) is 8.43. The van der Waals surface area contributed by atoms with Crippen molar-refractivity contribution in [1.82, 2.24) is 0 Å². The molecule has 0 bridgehead atoms. The number of hydrogen-bond acceptors (Lipinski definition) is 4. The molecule has 0 fully saturated rings. The molecule has 0 saturated carbocycles. The van der Waals surface area contributed by atoms with Crippen molar-refractivity contribution in [1.29, 1.82) is 0 Å². The highest BCUT2D eigenvalue weighted by Gasteiger charge is 2.13. The standard InChI is InChI=1S/C11H15FN4O2/c12-9-3-8(2-1-7(9)4-13)16(5-10(14)17)6-11(15)18/h1-3H,4-6,13H2,(H2,14,17)(H2,15,18). The number of benzene rings is 1. The van der Waals surface area contributed by atoms with E-state index in [1.54, 1.807) is 6.07 Å². The second-order valence-corrected chi connectivity index (χ2v) is 3.77. The van der Waals surface area contributed by atoms with Crippen LogP contribution in [0.25, 0.3) is 0 Å². The predicted octanol–water partition coefficient (Wildman–Crippen LogP) is -0.939. The van der Waals surface area contributed by atoms with Crippen LogP contribution < -0.4 is 22.1 Å². The van der Waals surface area contributed by atoms with Crippen molar-refractivity contribution in [3.8, 4) is 0 Å². The molecule has 0 saturated heterocycles. The van der Waals surface area contributed by atoms with Crippen LogP contribution in [-0.2, 0) is 16.1 Å². The van der Waals surface area contributed by atoms with Crippen LogP contribution in [0.2, 0.25) is 0 Å². The number of anilines is 1. The maximum Gasteiger partial charge on any atom is 0.236 e. The fourth-order valence-corrected chi connectivity index (χ4v) is 1.51. The first kappa shape index (κ1) is 13.9. The minimum atomic E-state index is -0.639. The van der Waals surface area contributed by atoms with Gasteiger partial charge in [-0.2, -0.15) is 0 Å². The van der Waals surface area contributed by atoms with Crippen LogP contribution in [0, 0.1) is 5.82 Å². The third kappa shape index (κ3) is 3.70. The second kappa shape index (κ2) is 5.97. The summed E-state index contributed by atoms with van der Waals surface area (Å²) in [7, 11) is 0. The Hall–Kier alpha value is -2.15. The fraction of sp³-hybridized carbons (Fsp3) is 0.273. The molecule has 7 heteroatoms. The average molecular weight is 254 g/mol. The summed E-state index contributed by atoms with van der Waals surface area (Å²) in [6.45, 7) is -0.369. The molecule has 6 nitrogen and oxygen atoms in total. The highest BCUT2D eigenvalue weighted by atomic mass is 19.1. The molecule has 18 heavy (non-hydrogen) atoms. The summed E-state index contributed by atoms with van der Waals surface area (Å²) in [5.41, 5.74) is 16.1. The minimum absolute atomic E-state index is 0.0672. The quantitative estimate of drug-likeness (QED) is 0.607. The smallest absolute Gasteiger partial charge is 0.236 e. The molecule has 0 aliphatic heterocycles. The number of amides is 2. The van der Waals surface area contributed by atoms with Crippen molar-refractivity contribution in [3.05, 3.63) is 29.6 Å². The number of halogens is 1. The van der Waals surface area contributed by atoms with Crippen molar-refractivity contribution in [3.63, 3.8) is 0 Å². The van der Waals surface area contributed by atoms with Gasteiger partial charge in [0.05, 0.1) is 13.1 Å². The highest BCUT2D eigenvalue weighted by Crippen LogP contribution is 2.18. The first-order valence-corrected chi connectivity index (χ1v) is 5.24. The zero-order valence-electron chi connectivity index (χ0n) is 9.73. The van der Waals surface area contributed by atoms with E-state index in [2.05, 4.69) is 0 Å². The van der Waals surface area contributed by atoms with Gasteiger partial charge in [0.15, 0.2) is 0 Å². The molecule has 0 heterocycles. The summed E-state index contributed by atoms with van der Waals surface area (Å²) in [6.07, 6.45) is 0. The maximum atomic E-state index is 13.5. The van der Waals surface area contributed by atoms with Crippen LogP contribution in [0.15, 0.2) is 18.2 Å². The van der Waals surface area contributed by atoms with E-state index in [1.165, 1.54) is 17.0 Å². The largest absolute Gasteiger partial charge is 0.368 e. The van der Waals surface area contributed by atoms with E-state index < -0.39 is 17.6 Å². The second-order valence-electron chi connectivity index (χ2n) is 3.77. The first-order valence-electron chi connectivity index (χ1n) is 5.24. The third-order valence-corrected chi connectivity index (χ3v) is 2.32. The van der Waals surface area contributed by atoms with Crippen LogP contribution in [-0.4, -0.2) is 24.9 Å². The van der Waals surface area contributed by atoms with E-state index in [0.717, 1.165) is 0 Å². The summed E-state index contributed by atoms with van der Waals surface area (Å²) >= 11 is 0. The van der Waals surface area contributed by atoms with Gasteiger partial charge in [0.2, 0.25) is 11.8 Å². The van der Waals surface area contributed by atoms with Gasteiger partial charge in [-0.15, -0.1) is 0 Å². The van der Waals surface area contributed by atoms with Gasteiger partial charge in [0.25, 0.3) is 0 Å². The molecular formula is C11H15FN4O2. The minimum Gasteiger partial charge on any atom is -0.368 e. The molecule has 0 atom stereocenters. The predicted molar refractivity (Wildman–Crippen MR) is 64.9 cm³/mol. The molecule has 0 spiro atoms. The Morgan fingerprint density at radius 2 is 1.72 bits per heavy atom. The third-order valence-electron chi connectivity index (χ3n) is 2.32. The normalized spacial score (nSPS) is 10.1. The van der Waals surface area contributed by atoms with E-state index in [1.807, 2.05) is 0 Å². The van der Waals surface area contributed by atoms with Gasteiger partial charge in [0.1, 0.15) is 5.82 Å². The fourth-order valence-electron chi connectivity index (χ4n) is 1.51. The van der Waals surface area contributed by atoms with Crippen LogP contribution in [0.5, 0.6) is 0 Å². The Morgan fingerprint density at radius 1 is 1.17 bits per heavy atom. The molecule has 98 valence electrons. The van der Waals surface area contributed by atoms with E-state index >= 15 is 0 Å². The van der Waals surface area contributed by atoms with E-state index in [9.17, 15) is 14.0 Å². The summed E-state index contributed by atoms with van der Waals surface area (Å²) in [5, 5.41) is 0. The van der Waals surface area contributed by atoms with Crippen molar-refractivity contribution >= 4 is 17.5 Å². The van der Waals surface area contributed by atoms with Crippen LogP contribution >= 0.6 is 0 Å². The van der Waals surface area contributed by atoms with Crippen molar-refractivity contribution in [2.75, 3.05) is 18.0 Å². The number of nitrogens with zero attached hydrogens (tertiary/aromatic N) is 1. The highest BCUT2D eigenvalue weighted by molar-refractivity contribution is 5.84. The lowest BCUT2D eigenvalue weighted by molar-refractivity contribution is -0.117. The van der Waals surface area contributed by atoms with E-state index in [4.69, 9.17) is 17.2 Å². The molecule has 0 aromatic heterocycles. The van der Waals surface area contributed by atoms with Gasteiger partial charge in [-0.1, -0.05) is 6.07 Å². The molecule has 1 aromatic rings. The summed E-state index contributed by atoms with van der Waals surface area (Å²) < 4.78 is 13.5. The number of hydrogen-bond donors (Lipinski definition) is 3. The van der Waals surface area contributed by atoms with Gasteiger partial charge in [0, 0.05) is 17.8 Å². The molecule has 0 radical (unpaired) electrons.